The second-order valence-corrected chi connectivity index (χ2v) is 10.8. The van der Waals surface area contributed by atoms with Gasteiger partial charge in [-0.05, 0) is 38.5 Å². The van der Waals surface area contributed by atoms with Crippen LogP contribution in [0.5, 0.6) is 0 Å². The van der Waals surface area contributed by atoms with Gasteiger partial charge in [-0.3, -0.25) is 4.48 Å². The molecule has 0 aliphatic rings. The molecule has 0 amide bonds. The summed E-state index contributed by atoms with van der Waals surface area (Å²) in [5.41, 5.74) is 0. The summed E-state index contributed by atoms with van der Waals surface area (Å²) < 4.78 is -0.419. The van der Waals surface area contributed by atoms with Crippen LogP contribution < -0.4 is 0 Å². The van der Waals surface area contributed by atoms with E-state index in [0.717, 1.165) is 25.7 Å². The molecule has 0 rings (SSSR count). The Morgan fingerprint density at radius 1 is 0.526 bits per heavy atom. The van der Waals surface area contributed by atoms with Crippen molar-refractivity contribution in [2.45, 2.75) is 161 Å². The number of unbranched alkanes of at least 4 members (excludes halogenated alkanes) is 13. The van der Waals surface area contributed by atoms with Crippen molar-refractivity contribution in [3.05, 3.63) is 12.2 Å². The van der Waals surface area contributed by atoms with E-state index >= 15 is 0 Å². The Morgan fingerprint density at radius 3 is 1.16 bits per heavy atom. The second kappa shape index (κ2) is 22.0. The minimum absolute atomic E-state index is 0.185. The summed E-state index contributed by atoms with van der Waals surface area (Å²) in [5.74, 6) is -3.37. The highest BCUT2D eigenvalue weighted by molar-refractivity contribution is 5.78. The third kappa shape index (κ3) is 12.8. The second-order valence-electron chi connectivity index (χ2n) is 10.8. The molecule has 0 radical (unpaired) electrons. The van der Waals surface area contributed by atoms with E-state index in [1.165, 1.54) is 64.2 Å². The number of hydrogen-bond acceptors (Lipinski definition) is 3. The number of allylic oxidation sites excluding steroid dienone is 2. The maximum Gasteiger partial charge on any atom is 0.362 e. The summed E-state index contributed by atoms with van der Waals surface area (Å²) >= 11 is 0. The summed E-state index contributed by atoms with van der Waals surface area (Å²) in [4.78, 5) is 36.7. The molecule has 0 fully saturated rings. The predicted molar refractivity (Wildman–Crippen MR) is 154 cm³/mol. The van der Waals surface area contributed by atoms with Gasteiger partial charge in [0.2, 0.25) is 0 Å². The fourth-order valence-corrected chi connectivity index (χ4v) is 6.09. The van der Waals surface area contributed by atoms with E-state index in [9.17, 15) is 29.7 Å². The molecule has 3 atom stereocenters. The van der Waals surface area contributed by atoms with Crippen molar-refractivity contribution in [3.63, 3.8) is 0 Å². The fourth-order valence-electron chi connectivity index (χ4n) is 6.09. The largest absolute Gasteiger partial charge is 0.477 e. The van der Waals surface area contributed by atoms with Crippen molar-refractivity contribution in [1.82, 2.24) is 0 Å². The molecule has 0 bridgehead atoms. The topological polar surface area (TPSA) is 112 Å². The highest BCUT2D eigenvalue weighted by atomic mass is 16.4. The van der Waals surface area contributed by atoms with Gasteiger partial charge in [0.1, 0.15) is 0 Å². The molecule has 0 aromatic rings. The molecule has 0 heterocycles. The van der Waals surface area contributed by atoms with Gasteiger partial charge in [0.05, 0.1) is 6.54 Å². The number of carboxylic acid groups (broad SMARTS) is 3. The molecule has 0 saturated heterocycles. The average Bonchev–Trinajstić information content (AvgIpc) is 2.86. The number of aliphatic carboxylic acids is 3. The first-order valence-electron chi connectivity index (χ1n) is 15.4. The van der Waals surface area contributed by atoms with Crippen LogP contribution in [0.2, 0.25) is 0 Å². The lowest BCUT2D eigenvalue weighted by Crippen LogP contribution is -2.72. The monoisotopic (exact) mass is 540 g/mol. The molecular weight excluding hydrogens is 482 g/mol. The van der Waals surface area contributed by atoms with Gasteiger partial charge in [0, 0.05) is 19.3 Å². The van der Waals surface area contributed by atoms with E-state index < -0.39 is 40.5 Å². The number of nitrogens with zero attached hydrogens (tertiary/aromatic N) is 1. The molecule has 0 spiro atoms. The zero-order valence-electron chi connectivity index (χ0n) is 24.8. The minimum atomic E-state index is -1.12. The van der Waals surface area contributed by atoms with E-state index in [0.29, 0.717) is 6.42 Å². The average molecular weight is 541 g/mol. The fraction of sp³-hybridized carbons (Fsp3) is 0.839. The Kier molecular flexibility index (Phi) is 20.9. The lowest BCUT2D eigenvalue weighted by molar-refractivity contribution is -0.973. The van der Waals surface area contributed by atoms with E-state index in [1.807, 2.05) is 0 Å². The third-order valence-corrected chi connectivity index (χ3v) is 8.06. The zero-order valence-corrected chi connectivity index (χ0v) is 24.8. The number of quaternary nitrogens is 1. The summed E-state index contributed by atoms with van der Waals surface area (Å²) in [5, 5.41) is 30.0. The quantitative estimate of drug-likeness (QED) is 0.0586. The Morgan fingerprint density at radius 2 is 0.842 bits per heavy atom. The Balaban J connectivity index is 4.73. The maximum absolute atomic E-state index is 12.2. The first-order chi connectivity index (χ1) is 18.2. The molecule has 0 saturated carbocycles. The third-order valence-electron chi connectivity index (χ3n) is 8.06. The van der Waals surface area contributed by atoms with Crippen molar-refractivity contribution in [2.24, 2.45) is 0 Å². The molecule has 222 valence electrons. The SMILES string of the molecule is CCCCCCCCCCCC/C=C/CCCCC[N+](C(CC)C(=O)O)(C(CC)C(=O)O)C(CC)C(=O)O. The number of hydrogen-bond donors (Lipinski definition) is 3. The maximum atomic E-state index is 12.2. The van der Waals surface area contributed by atoms with Crippen LogP contribution in [0.4, 0.5) is 0 Å². The molecule has 0 aliphatic carbocycles. The van der Waals surface area contributed by atoms with Crippen molar-refractivity contribution in [3.8, 4) is 0 Å². The van der Waals surface area contributed by atoms with Crippen LogP contribution >= 0.6 is 0 Å². The van der Waals surface area contributed by atoms with Crippen molar-refractivity contribution >= 4 is 17.9 Å². The summed E-state index contributed by atoms with van der Waals surface area (Å²) in [6.07, 6.45) is 22.7. The Bertz CT molecular complexity index is 622. The van der Waals surface area contributed by atoms with Gasteiger partial charge in [-0.1, -0.05) is 97.6 Å². The van der Waals surface area contributed by atoms with Crippen LogP contribution in [-0.4, -0.2) is 62.4 Å². The van der Waals surface area contributed by atoms with Crippen molar-refractivity contribution in [1.29, 1.82) is 0 Å². The summed E-state index contributed by atoms with van der Waals surface area (Å²) in [6.45, 7) is 7.60. The highest BCUT2D eigenvalue weighted by Crippen LogP contribution is 2.32. The molecular formula is C31H58NO6+. The smallest absolute Gasteiger partial charge is 0.362 e. The molecule has 7 nitrogen and oxygen atoms in total. The first kappa shape index (κ1) is 36.1. The van der Waals surface area contributed by atoms with Gasteiger partial charge < -0.3 is 15.3 Å². The van der Waals surface area contributed by atoms with Crippen LogP contribution in [0, 0.1) is 0 Å². The van der Waals surface area contributed by atoms with Gasteiger partial charge in [-0.25, -0.2) is 14.4 Å². The molecule has 3 N–H and O–H groups in total. The highest BCUT2D eigenvalue weighted by Gasteiger charge is 2.55. The van der Waals surface area contributed by atoms with E-state index in [2.05, 4.69) is 19.1 Å². The van der Waals surface area contributed by atoms with Gasteiger partial charge in [0.15, 0.2) is 18.1 Å². The zero-order chi connectivity index (χ0) is 28.8. The van der Waals surface area contributed by atoms with Crippen LogP contribution in [0.15, 0.2) is 12.2 Å². The van der Waals surface area contributed by atoms with Crippen LogP contribution in [0.25, 0.3) is 0 Å². The number of rotatable bonds is 26. The molecule has 3 unspecified atom stereocenters. The van der Waals surface area contributed by atoms with Gasteiger partial charge >= 0.3 is 17.9 Å². The number of carboxylic acids is 3. The lowest BCUT2D eigenvalue weighted by atomic mass is 9.94. The lowest BCUT2D eigenvalue weighted by Gasteiger charge is -2.49. The van der Waals surface area contributed by atoms with Crippen LogP contribution in [-0.2, 0) is 14.4 Å². The minimum Gasteiger partial charge on any atom is -0.477 e. The molecule has 0 aliphatic heterocycles. The predicted octanol–water partition coefficient (Wildman–Crippen LogP) is 7.82. The molecule has 38 heavy (non-hydrogen) atoms. The van der Waals surface area contributed by atoms with Gasteiger partial charge in [0.25, 0.3) is 0 Å². The van der Waals surface area contributed by atoms with E-state index in [-0.39, 0.29) is 25.8 Å². The normalized spacial score (nSPS) is 15.7. The number of carbonyl (C=O) groups is 3. The van der Waals surface area contributed by atoms with Crippen molar-refractivity contribution in [2.75, 3.05) is 6.54 Å². The Hall–Kier alpha value is -1.89. The molecule has 0 aromatic carbocycles. The van der Waals surface area contributed by atoms with Crippen LogP contribution in [0.1, 0.15) is 143 Å². The van der Waals surface area contributed by atoms with Crippen molar-refractivity contribution < 1.29 is 34.2 Å². The van der Waals surface area contributed by atoms with E-state index in [1.54, 1.807) is 20.8 Å². The first-order valence-corrected chi connectivity index (χ1v) is 15.4. The standard InChI is InChI=1S/C31H57NO6/c1-5-9-10-11-12-13-14-15-16-17-18-19-20-21-22-23-24-25-32(26(6-2)29(33)34,27(7-3)30(35)36)28(8-4)31(37)38/h19-20,26-28H,5-18,21-25H2,1-4H3,(H2-,33,34,35,36,37,38)/p+1/b20-19+. The summed E-state index contributed by atoms with van der Waals surface area (Å²) in [6, 6.07) is -3.21. The summed E-state index contributed by atoms with van der Waals surface area (Å²) in [7, 11) is 0. The van der Waals surface area contributed by atoms with Gasteiger partial charge in [-0.15, -0.1) is 0 Å². The van der Waals surface area contributed by atoms with Gasteiger partial charge in [-0.2, -0.15) is 0 Å². The van der Waals surface area contributed by atoms with E-state index in [4.69, 9.17) is 0 Å². The molecule has 0 aromatic heterocycles. The Labute approximate surface area is 232 Å². The van der Waals surface area contributed by atoms with Crippen LogP contribution in [0.3, 0.4) is 0 Å². The molecule has 7 heteroatoms.